The van der Waals surface area contributed by atoms with E-state index in [0.717, 1.165) is 28.0 Å². The van der Waals surface area contributed by atoms with Crippen LogP contribution in [0.3, 0.4) is 0 Å². The summed E-state index contributed by atoms with van der Waals surface area (Å²) in [4.78, 5) is 16.5. The fourth-order valence-corrected chi connectivity index (χ4v) is 4.10. The highest BCUT2D eigenvalue weighted by Crippen LogP contribution is 2.40. The quantitative estimate of drug-likeness (QED) is 0.351. The number of methoxy groups -OCH3 is 3. The Labute approximate surface area is 209 Å². The van der Waals surface area contributed by atoms with E-state index in [-0.39, 0.29) is 11.5 Å². The zero-order valence-corrected chi connectivity index (χ0v) is 20.3. The van der Waals surface area contributed by atoms with Crippen LogP contribution < -0.4 is 9.47 Å². The van der Waals surface area contributed by atoms with Gasteiger partial charge in [-0.05, 0) is 59.2 Å². The zero-order chi connectivity index (χ0) is 25.7. The number of hydrogen-bond acceptors (Lipinski definition) is 7. The summed E-state index contributed by atoms with van der Waals surface area (Å²) >= 11 is 0. The molecule has 0 saturated heterocycles. The van der Waals surface area contributed by atoms with E-state index in [9.17, 15) is 15.0 Å². The van der Waals surface area contributed by atoms with Crippen LogP contribution >= 0.6 is 0 Å². The maximum atomic E-state index is 11.4. The van der Waals surface area contributed by atoms with Gasteiger partial charge in [0.25, 0.3) is 0 Å². The summed E-state index contributed by atoms with van der Waals surface area (Å²) in [5, 5.41) is 20.1. The van der Waals surface area contributed by atoms with Crippen molar-refractivity contribution in [3.8, 4) is 23.0 Å². The molecule has 0 aromatic heterocycles. The second kappa shape index (κ2) is 10.4. The first-order valence-corrected chi connectivity index (χ1v) is 11.3. The molecule has 0 bridgehead atoms. The molecule has 3 aromatic carbocycles. The highest BCUT2D eigenvalue weighted by Gasteiger charge is 2.34. The number of nitrogens with zero attached hydrogens (tertiary/aromatic N) is 1. The average Bonchev–Trinajstić information content (AvgIpc) is 3.33. The molecule has 1 heterocycles. The number of aromatic hydroxyl groups is 2. The third kappa shape index (κ3) is 5.10. The van der Waals surface area contributed by atoms with Crippen molar-refractivity contribution >= 4 is 17.8 Å². The summed E-state index contributed by atoms with van der Waals surface area (Å²) in [6.45, 7) is 0. The average molecular weight is 486 g/mol. The van der Waals surface area contributed by atoms with E-state index in [4.69, 9.17) is 14.5 Å². The summed E-state index contributed by atoms with van der Waals surface area (Å²) in [6, 6.07) is 18.2. The molecular formula is C29H27NO6. The van der Waals surface area contributed by atoms with Gasteiger partial charge in [-0.2, -0.15) is 0 Å². The number of carbonyl (C=O) groups is 1. The lowest BCUT2D eigenvalue weighted by atomic mass is 9.84. The molecule has 4 rings (SSSR count). The first kappa shape index (κ1) is 24.6. The highest BCUT2D eigenvalue weighted by molar-refractivity contribution is 6.11. The van der Waals surface area contributed by atoms with Gasteiger partial charge in [0.1, 0.15) is 5.54 Å². The molecule has 7 nitrogen and oxygen atoms in total. The van der Waals surface area contributed by atoms with Crippen molar-refractivity contribution in [1.29, 1.82) is 0 Å². The predicted molar refractivity (Wildman–Crippen MR) is 138 cm³/mol. The number of aliphatic imine (C=N–C) groups is 1. The topological polar surface area (TPSA) is 97.6 Å². The Bertz CT molecular complexity index is 1360. The van der Waals surface area contributed by atoms with Crippen LogP contribution in [0.4, 0.5) is 0 Å². The number of benzene rings is 3. The van der Waals surface area contributed by atoms with Crippen LogP contribution in [0, 0.1) is 0 Å². The van der Waals surface area contributed by atoms with Crippen molar-refractivity contribution in [2.24, 2.45) is 4.99 Å². The highest BCUT2D eigenvalue weighted by atomic mass is 16.5. The molecule has 36 heavy (non-hydrogen) atoms. The van der Waals surface area contributed by atoms with Gasteiger partial charge in [-0.3, -0.25) is 4.99 Å². The molecule has 7 heteroatoms. The van der Waals surface area contributed by atoms with Gasteiger partial charge >= 0.3 is 5.97 Å². The minimum Gasteiger partial charge on any atom is -0.504 e. The van der Waals surface area contributed by atoms with Crippen molar-refractivity contribution in [2.75, 3.05) is 21.3 Å². The standard InChI is InChI=1S/C29H27NO6/c1-34-26-16-21(9-11-24(26)31)23-14-15-29(30-23,22-10-12-25(32)27(17-22)35-2)18-20-6-4-19(5-7-20)8-13-28(33)36-3/h4-17,31-32H,18H2,1-3H3. The lowest BCUT2D eigenvalue weighted by molar-refractivity contribution is -0.134. The van der Waals surface area contributed by atoms with Crippen LogP contribution in [0.2, 0.25) is 0 Å². The molecule has 1 atom stereocenters. The van der Waals surface area contributed by atoms with Gasteiger partial charge in [-0.15, -0.1) is 0 Å². The van der Waals surface area contributed by atoms with E-state index in [1.165, 1.54) is 27.4 Å². The number of hydrogen-bond donors (Lipinski definition) is 2. The Morgan fingerprint density at radius 3 is 2.25 bits per heavy atom. The lowest BCUT2D eigenvalue weighted by Gasteiger charge is -2.26. The molecule has 1 unspecified atom stereocenters. The van der Waals surface area contributed by atoms with Crippen LogP contribution in [-0.4, -0.2) is 43.2 Å². The zero-order valence-electron chi connectivity index (χ0n) is 20.3. The third-order valence-corrected chi connectivity index (χ3v) is 6.06. The SMILES string of the molecule is COC(=O)C=Cc1ccc(CC2(c3ccc(O)c(OC)c3)C=CC(c3ccc(O)c(OC)c3)=N2)cc1. The Hall–Kier alpha value is -4.52. The Morgan fingerprint density at radius 2 is 1.58 bits per heavy atom. The maximum absolute atomic E-state index is 11.4. The van der Waals surface area contributed by atoms with Gasteiger partial charge < -0.3 is 24.4 Å². The molecule has 1 aliphatic rings. The largest absolute Gasteiger partial charge is 0.504 e. The van der Waals surface area contributed by atoms with Gasteiger partial charge in [-0.1, -0.05) is 36.4 Å². The molecule has 0 spiro atoms. The van der Waals surface area contributed by atoms with Crippen LogP contribution in [-0.2, 0) is 21.5 Å². The summed E-state index contributed by atoms with van der Waals surface area (Å²) in [5.74, 6) is 0.414. The molecule has 0 radical (unpaired) electrons. The summed E-state index contributed by atoms with van der Waals surface area (Å²) < 4.78 is 15.3. The van der Waals surface area contributed by atoms with Crippen LogP contribution in [0.1, 0.15) is 22.3 Å². The Kier molecular flexibility index (Phi) is 7.10. The number of carbonyl (C=O) groups excluding carboxylic acids is 1. The molecule has 3 aromatic rings. The Morgan fingerprint density at radius 1 is 0.917 bits per heavy atom. The minimum absolute atomic E-state index is 0.0487. The molecule has 0 saturated carbocycles. The molecule has 2 N–H and O–H groups in total. The first-order chi connectivity index (χ1) is 17.4. The van der Waals surface area contributed by atoms with Gasteiger partial charge in [0.15, 0.2) is 23.0 Å². The molecular weight excluding hydrogens is 458 g/mol. The molecule has 184 valence electrons. The maximum Gasteiger partial charge on any atom is 0.330 e. The van der Waals surface area contributed by atoms with E-state index in [1.807, 2.05) is 42.5 Å². The monoisotopic (exact) mass is 485 g/mol. The number of phenols is 2. The lowest BCUT2D eigenvalue weighted by Crippen LogP contribution is -2.23. The first-order valence-electron chi connectivity index (χ1n) is 11.3. The third-order valence-electron chi connectivity index (χ3n) is 6.06. The number of phenolic OH excluding ortho intramolecular Hbond substituents is 2. The Balaban J connectivity index is 1.73. The number of rotatable bonds is 8. The van der Waals surface area contributed by atoms with E-state index in [1.54, 1.807) is 36.4 Å². The number of ether oxygens (including phenoxy) is 3. The van der Waals surface area contributed by atoms with Crippen molar-refractivity contribution in [1.82, 2.24) is 0 Å². The van der Waals surface area contributed by atoms with Crippen molar-refractivity contribution in [3.63, 3.8) is 0 Å². The van der Waals surface area contributed by atoms with Crippen LogP contribution in [0.25, 0.3) is 6.08 Å². The van der Waals surface area contributed by atoms with Crippen molar-refractivity contribution in [2.45, 2.75) is 12.0 Å². The van der Waals surface area contributed by atoms with Crippen LogP contribution in [0.15, 0.2) is 83.9 Å². The normalized spacial score (nSPS) is 16.7. The second-order valence-corrected chi connectivity index (χ2v) is 8.30. The van der Waals surface area contributed by atoms with Crippen molar-refractivity contribution in [3.05, 3.63) is 101 Å². The van der Waals surface area contributed by atoms with E-state index in [0.29, 0.717) is 17.9 Å². The molecule has 0 amide bonds. The number of esters is 1. The van der Waals surface area contributed by atoms with Crippen molar-refractivity contribution < 1.29 is 29.2 Å². The van der Waals surface area contributed by atoms with Crippen LogP contribution in [0.5, 0.6) is 23.0 Å². The summed E-state index contributed by atoms with van der Waals surface area (Å²) in [7, 11) is 4.35. The predicted octanol–water partition coefficient (Wildman–Crippen LogP) is 4.80. The van der Waals surface area contributed by atoms with E-state index >= 15 is 0 Å². The molecule has 0 fully saturated rings. The summed E-state index contributed by atoms with van der Waals surface area (Å²) in [5.41, 5.74) is 3.52. The fraction of sp³-hybridized carbons (Fsp3) is 0.172. The van der Waals surface area contributed by atoms with Gasteiger partial charge in [0, 0.05) is 18.1 Å². The minimum atomic E-state index is -0.759. The number of allylic oxidation sites excluding steroid dienone is 1. The second-order valence-electron chi connectivity index (χ2n) is 8.30. The van der Waals surface area contributed by atoms with Gasteiger partial charge in [-0.25, -0.2) is 4.79 Å². The fourth-order valence-electron chi connectivity index (χ4n) is 4.10. The molecule has 1 aliphatic heterocycles. The van der Waals surface area contributed by atoms with E-state index < -0.39 is 11.5 Å². The molecule has 0 aliphatic carbocycles. The summed E-state index contributed by atoms with van der Waals surface area (Å²) in [6.07, 6.45) is 7.58. The van der Waals surface area contributed by atoms with Gasteiger partial charge in [0.2, 0.25) is 0 Å². The van der Waals surface area contributed by atoms with E-state index in [2.05, 4.69) is 4.74 Å². The smallest absolute Gasteiger partial charge is 0.330 e. The van der Waals surface area contributed by atoms with Gasteiger partial charge in [0.05, 0.1) is 27.0 Å².